The van der Waals surface area contributed by atoms with Crippen LogP contribution in [0.25, 0.3) is 0 Å². The molecule has 16 heavy (non-hydrogen) atoms. The summed E-state index contributed by atoms with van der Waals surface area (Å²) in [6.07, 6.45) is 2.94. The van der Waals surface area contributed by atoms with E-state index in [9.17, 15) is 0 Å². The van der Waals surface area contributed by atoms with Gasteiger partial charge in [-0.3, -0.25) is 0 Å². The van der Waals surface area contributed by atoms with Crippen molar-refractivity contribution in [3.63, 3.8) is 0 Å². The van der Waals surface area contributed by atoms with Gasteiger partial charge in [0.2, 0.25) is 0 Å². The van der Waals surface area contributed by atoms with Crippen molar-refractivity contribution in [2.75, 3.05) is 13.7 Å². The molecule has 0 aromatic heterocycles. The second-order valence-electron chi connectivity index (χ2n) is 4.98. The Morgan fingerprint density at radius 2 is 2.31 bits per heavy atom. The van der Waals surface area contributed by atoms with E-state index in [4.69, 9.17) is 15.7 Å². The van der Waals surface area contributed by atoms with Crippen LogP contribution in [0.2, 0.25) is 0 Å². The van der Waals surface area contributed by atoms with Crippen LogP contribution >= 0.6 is 0 Å². The van der Waals surface area contributed by atoms with Gasteiger partial charge in [-0.25, -0.2) is 0 Å². The fraction of sp³-hybridized carbons (Fsp3) is 0.909. The molecular formula is C11H23N3O2. The highest BCUT2D eigenvalue weighted by Gasteiger charge is 2.47. The Morgan fingerprint density at radius 3 is 2.81 bits per heavy atom. The number of nitrogens with two attached hydrogens (primary N) is 1. The highest BCUT2D eigenvalue weighted by atomic mass is 16.5. The third-order valence-corrected chi connectivity index (χ3v) is 3.59. The molecule has 2 unspecified atom stereocenters. The van der Waals surface area contributed by atoms with Gasteiger partial charge in [0, 0.05) is 25.0 Å². The summed E-state index contributed by atoms with van der Waals surface area (Å²) >= 11 is 0. The third-order valence-electron chi connectivity index (χ3n) is 3.59. The number of hydrogen-bond donors (Lipinski definition) is 3. The SMILES string of the molecule is COC1CC(NCCCC(N)=NO)C1(C)C. The standard InChI is InChI=1S/C11H23N3O2/c1-11(2)8(7-9(11)16-3)13-6-4-5-10(12)14-15/h8-9,13,15H,4-7H2,1-3H3,(H2,12,14). The largest absolute Gasteiger partial charge is 0.409 e. The van der Waals surface area contributed by atoms with E-state index in [-0.39, 0.29) is 5.41 Å². The zero-order valence-corrected chi connectivity index (χ0v) is 10.4. The van der Waals surface area contributed by atoms with Crippen LogP contribution in [-0.4, -0.2) is 36.8 Å². The number of nitrogens with zero attached hydrogens (tertiary/aromatic N) is 1. The molecule has 0 aliphatic heterocycles. The van der Waals surface area contributed by atoms with Crippen molar-refractivity contribution < 1.29 is 9.94 Å². The Morgan fingerprint density at radius 1 is 1.62 bits per heavy atom. The first-order valence-electron chi connectivity index (χ1n) is 5.75. The summed E-state index contributed by atoms with van der Waals surface area (Å²) in [5.41, 5.74) is 5.59. The lowest BCUT2D eigenvalue weighted by Crippen LogP contribution is -2.60. The van der Waals surface area contributed by atoms with Gasteiger partial charge >= 0.3 is 0 Å². The van der Waals surface area contributed by atoms with Gasteiger partial charge in [0.25, 0.3) is 0 Å². The molecule has 1 rings (SSSR count). The van der Waals surface area contributed by atoms with Crippen LogP contribution in [0.5, 0.6) is 0 Å². The lowest BCUT2D eigenvalue weighted by atomic mass is 9.64. The molecule has 2 atom stereocenters. The smallest absolute Gasteiger partial charge is 0.139 e. The molecule has 0 heterocycles. The highest BCUT2D eigenvalue weighted by molar-refractivity contribution is 5.79. The second-order valence-corrected chi connectivity index (χ2v) is 4.98. The van der Waals surface area contributed by atoms with Crippen molar-refractivity contribution in [2.24, 2.45) is 16.3 Å². The second kappa shape index (κ2) is 5.50. The summed E-state index contributed by atoms with van der Waals surface area (Å²) in [6.45, 7) is 5.32. The average Bonchev–Trinajstić information content (AvgIpc) is 2.26. The lowest BCUT2D eigenvalue weighted by molar-refractivity contribution is -0.0972. The van der Waals surface area contributed by atoms with Crippen LogP contribution in [0, 0.1) is 5.41 Å². The normalized spacial score (nSPS) is 28.8. The van der Waals surface area contributed by atoms with E-state index in [0.29, 0.717) is 24.4 Å². The number of ether oxygens (including phenoxy) is 1. The first kappa shape index (κ1) is 13.3. The van der Waals surface area contributed by atoms with Crippen molar-refractivity contribution in [2.45, 2.75) is 45.3 Å². The summed E-state index contributed by atoms with van der Waals surface area (Å²) < 4.78 is 5.38. The van der Waals surface area contributed by atoms with Crippen molar-refractivity contribution in [3.05, 3.63) is 0 Å². The predicted octanol–water partition coefficient (Wildman–Crippen LogP) is 0.916. The zero-order chi connectivity index (χ0) is 12.2. The van der Waals surface area contributed by atoms with Gasteiger partial charge in [-0.05, 0) is 19.4 Å². The summed E-state index contributed by atoms with van der Waals surface area (Å²) in [7, 11) is 1.76. The minimum absolute atomic E-state index is 0.200. The minimum Gasteiger partial charge on any atom is -0.409 e. The molecular weight excluding hydrogens is 206 g/mol. The van der Waals surface area contributed by atoms with Gasteiger partial charge in [0.1, 0.15) is 5.84 Å². The number of hydrogen-bond acceptors (Lipinski definition) is 4. The maximum atomic E-state index is 8.38. The molecule has 94 valence electrons. The van der Waals surface area contributed by atoms with Crippen LogP contribution in [0.15, 0.2) is 5.16 Å². The van der Waals surface area contributed by atoms with E-state index in [1.54, 1.807) is 7.11 Å². The molecule has 0 aromatic rings. The Labute approximate surface area is 97.0 Å². The predicted molar refractivity (Wildman–Crippen MR) is 63.6 cm³/mol. The molecule has 5 heteroatoms. The molecule has 0 saturated heterocycles. The van der Waals surface area contributed by atoms with Gasteiger partial charge in [-0.1, -0.05) is 19.0 Å². The molecule has 0 aromatic carbocycles. The molecule has 0 bridgehead atoms. The van der Waals surface area contributed by atoms with Gasteiger partial charge in [-0.2, -0.15) is 0 Å². The van der Waals surface area contributed by atoms with Crippen LogP contribution in [0.3, 0.4) is 0 Å². The van der Waals surface area contributed by atoms with E-state index < -0.39 is 0 Å². The maximum absolute atomic E-state index is 8.38. The van der Waals surface area contributed by atoms with Crippen molar-refractivity contribution in [3.8, 4) is 0 Å². The summed E-state index contributed by atoms with van der Waals surface area (Å²) in [4.78, 5) is 0. The van der Waals surface area contributed by atoms with Crippen molar-refractivity contribution >= 4 is 5.84 Å². The van der Waals surface area contributed by atoms with Crippen molar-refractivity contribution in [1.82, 2.24) is 5.32 Å². The van der Waals surface area contributed by atoms with Crippen LogP contribution in [0.1, 0.15) is 33.1 Å². The summed E-state index contributed by atoms with van der Waals surface area (Å²) in [6, 6.07) is 0.504. The maximum Gasteiger partial charge on any atom is 0.139 e. The average molecular weight is 229 g/mol. The Hall–Kier alpha value is -0.810. The van der Waals surface area contributed by atoms with Crippen LogP contribution < -0.4 is 11.1 Å². The third kappa shape index (κ3) is 2.86. The lowest BCUT2D eigenvalue weighted by Gasteiger charge is -2.51. The number of amidine groups is 1. The van der Waals surface area contributed by atoms with Crippen LogP contribution in [-0.2, 0) is 4.74 Å². The number of methoxy groups -OCH3 is 1. The fourth-order valence-corrected chi connectivity index (χ4v) is 2.23. The van der Waals surface area contributed by atoms with E-state index in [0.717, 1.165) is 19.4 Å². The number of nitrogens with one attached hydrogen (secondary N) is 1. The van der Waals surface area contributed by atoms with Gasteiger partial charge < -0.3 is 21.0 Å². The molecule has 0 spiro atoms. The number of rotatable bonds is 6. The monoisotopic (exact) mass is 229 g/mol. The Balaban J connectivity index is 2.16. The van der Waals surface area contributed by atoms with Crippen LogP contribution in [0.4, 0.5) is 0 Å². The quantitative estimate of drug-likeness (QED) is 0.208. The summed E-state index contributed by atoms with van der Waals surface area (Å²) in [5.74, 6) is 0.296. The van der Waals surface area contributed by atoms with Crippen molar-refractivity contribution in [1.29, 1.82) is 0 Å². The molecule has 4 N–H and O–H groups in total. The van der Waals surface area contributed by atoms with E-state index in [1.807, 2.05) is 0 Å². The molecule has 1 aliphatic rings. The first-order chi connectivity index (χ1) is 7.52. The fourth-order valence-electron chi connectivity index (χ4n) is 2.23. The highest BCUT2D eigenvalue weighted by Crippen LogP contribution is 2.42. The zero-order valence-electron chi connectivity index (χ0n) is 10.4. The molecule has 1 saturated carbocycles. The van der Waals surface area contributed by atoms with Gasteiger partial charge in [-0.15, -0.1) is 0 Å². The Kier molecular flexibility index (Phi) is 4.56. The molecule has 5 nitrogen and oxygen atoms in total. The van der Waals surface area contributed by atoms with E-state index >= 15 is 0 Å². The molecule has 1 aliphatic carbocycles. The summed E-state index contributed by atoms with van der Waals surface area (Å²) in [5, 5.41) is 14.8. The molecule has 0 radical (unpaired) electrons. The number of oxime groups is 1. The molecule has 1 fully saturated rings. The van der Waals surface area contributed by atoms with Gasteiger partial charge in [0.15, 0.2) is 0 Å². The van der Waals surface area contributed by atoms with E-state index in [1.165, 1.54) is 0 Å². The Bertz CT molecular complexity index is 254. The minimum atomic E-state index is 0.200. The van der Waals surface area contributed by atoms with E-state index in [2.05, 4.69) is 24.3 Å². The molecule has 0 amide bonds. The topological polar surface area (TPSA) is 79.9 Å². The first-order valence-corrected chi connectivity index (χ1v) is 5.75. The van der Waals surface area contributed by atoms with Gasteiger partial charge in [0.05, 0.1) is 6.10 Å².